The molecule has 10 heteroatoms. The fourth-order valence-electron chi connectivity index (χ4n) is 7.10. The van der Waals surface area contributed by atoms with Gasteiger partial charge < -0.3 is 25.4 Å². The summed E-state index contributed by atoms with van der Waals surface area (Å²) in [7, 11) is 1.27. The van der Waals surface area contributed by atoms with E-state index in [1.165, 1.54) is 13.2 Å². The Morgan fingerprint density at radius 1 is 1.20 bits per heavy atom. The molecule has 248 valence electrons. The second-order valence-electron chi connectivity index (χ2n) is 13.0. The first-order valence-electron chi connectivity index (χ1n) is 16.5. The van der Waals surface area contributed by atoms with Crippen LogP contribution < -0.4 is 16.0 Å². The molecule has 4 aliphatic rings. The van der Waals surface area contributed by atoms with Crippen LogP contribution in [0.1, 0.15) is 63.0 Å². The Balaban J connectivity index is 1.41. The summed E-state index contributed by atoms with van der Waals surface area (Å²) in [4.78, 5) is 29.4. The van der Waals surface area contributed by atoms with Crippen LogP contribution in [0.2, 0.25) is 5.02 Å². The molecule has 5 unspecified atom stereocenters. The van der Waals surface area contributed by atoms with Gasteiger partial charge in [0.1, 0.15) is 11.9 Å². The molecule has 6 rings (SSSR count). The van der Waals surface area contributed by atoms with Gasteiger partial charge in [0.2, 0.25) is 5.91 Å². The van der Waals surface area contributed by atoms with E-state index in [0.29, 0.717) is 54.6 Å². The van der Waals surface area contributed by atoms with Gasteiger partial charge in [0, 0.05) is 41.4 Å². The Morgan fingerprint density at radius 2 is 2.00 bits per heavy atom. The second kappa shape index (κ2) is 16.1. The van der Waals surface area contributed by atoms with Crippen molar-refractivity contribution < 1.29 is 23.5 Å². The first-order chi connectivity index (χ1) is 22.2. The third-order valence-corrected chi connectivity index (χ3v) is 9.93. The molecule has 0 aliphatic carbocycles. The number of carbonyl (C=O) groups excluding carboxylic acids is 2. The summed E-state index contributed by atoms with van der Waals surface area (Å²) in [6, 6.07) is 11.5. The number of nitrogens with one attached hydrogen (secondary N) is 3. The maximum atomic E-state index is 15.5. The zero-order valence-electron chi connectivity index (χ0n) is 27.0. The van der Waals surface area contributed by atoms with Gasteiger partial charge in [-0.05, 0) is 86.7 Å². The van der Waals surface area contributed by atoms with E-state index in [2.05, 4.69) is 46.5 Å². The molecule has 2 saturated heterocycles. The molecular weight excluding hydrogens is 607 g/mol. The van der Waals surface area contributed by atoms with Crippen LogP contribution in [0.3, 0.4) is 0 Å². The third-order valence-electron chi connectivity index (χ3n) is 9.68. The van der Waals surface area contributed by atoms with Gasteiger partial charge >= 0.3 is 6.09 Å². The lowest BCUT2D eigenvalue weighted by Gasteiger charge is -2.39. The number of benzene rings is 2. The first kappa shape index (κ1) is 34.2. The van der Waals surface area contributed by atoms with E-state index < -0.39 is 24.0 Å². The minimum absolute atomic E-state index is 0.0190. The van der Waals surface area contributed by atoms with Crippen LogP contribution in [0.25, 0.3) is 0 Å². The molecule has 46 heavy (non-hydrogen) atoms. The molecule has 3 N–H and O–H groups in total. The van der Waals surface area contributed by atoms with Gasteiger partial charge in [-0.1, -0.05) is 55.5 Å². The van der Waals surface area contributed by atoms with Crippen LogP contribution in [-0.4, -0.2) is 74.5 Å². The number of nitrogens with zero attached hydrogens (tertiary/aromatic N) is 1. The molecule has 2 bridgehead atoms. The molecule has 7 atom stereocenters. The van der Waals surface area contributed by atoms with E-state index in [9.17, 15) is 9.59 Å². The van der Waals surface area contributed by atoms with Crippen molar-refractivity contribution in [1.29, 1.82) is 0 Å². The molecule has 4 aliphatic heterocycles. The van der Waals surface area contributed by atoms with Crippen molar-refractivity contribution in [2.75, 3.05) is 38.7 Å². The molecule has 8 nitrogen and oxygen atoms in total. The predicted octanol–water partition coefficient (Wildman–Crippen LogP) is 5.75. The van der Waals surface area contributed by atoms with E-state index in [-0.39, 0.29) is 29.9 Å². The van der Waals surface area contributed by atoms with Gasteiger partial charge in [0.25, 0.3) is 0 Å². The molecule has 2 amide bonds. The van der Waals surface area contributed by atoms with Crippen molar-refractivity contribution in [3.63, 3.8) is 0 Å². The van der Waals surface area contributed by atoms with Crippen LogP contribution in [0, 0.1) is 29.5 Å². The number of amides is 2. The van der Waals surface area contributed by atoms with Crippen molar-refractivity contribution in [2.45, 2.75) is 82.5 Å². The fourth-order valence-corrected chi connectivity index (χ4v) is 7.23. The molecule has 0 saturated carbocycles. The van der Waals surface area contributed by atoms with Crippen molar-refractivity contribution in [3.8, 4) is 11.8 Å². The topological polar surface area (TPSA) is 91.9 Å². The minimum atomic E-state index is -1.00. The number of hydrogen-bond acceptors (Lipinski definition) is 6. The van der Waals surface area contributed by atoms with Gasteiger partial charge in [-0.3, -0.25) is 9.69 Å². The zero-order valence-corrected chi connectivity index (χ0v) is 27.7. The summed E-state index contributed by atoms with van der Waals surface area (Å²) in [6.45, 7) is 7.26. The number of halogens is 2. The van der Waals surface area contributed by atoms with Crippen molar-refractivity contribution in [1.82, 2.24) is 15.5 Å². The fraction of sp³-hybridized carbons (Fsp3) is 0.556. The predicted molar refractivity (Wildman–Crippen MR) is 178 cm³/mol. The maximum absolute atomic E-state index is 15.5. The standard InChI is InChI=1S/C36H46ClFN4O4/c1-23(2)32-21-25(17-20-46-32)33(24-11-13-26(37)14-12-24)34(41-36(44)45-3)35(43)40-31-10-4-9-30(38)29(31)16-15-28-22-39-27-7-5-18-42(28)19-6-8-27/h4,9-14,23,25,27-28,32-34,39H,5,7,15-22H2,1-3H3,(H,40,43)(H,41,44)/t25?,27?,28?,32?,33-,34-/m0/s1. The maximum Gasteiger partial charge on any atom is 0.407 e. The van der Waals surface area contributed by atoms with Crippen LogP contribution in [0.15, 0.2) is 42.5 Å². The summed E-state index contributed by atoms with van der Waals surface area (Å²) < 4.78 is 26.5. The molecule has 0 radical (unpaired) electrons. The third kappa shape index (κ3) is 8.60. The summed E-state index contributed by atoms with van der Waals surface area (Å²) >= 11 is 6.25. The van der Waals surface area contributed by atoms with E-state index in [1.54, 1.807) is 24.3 Å². The molecular formula is C36H46ClFN4O4. The van der Waals surface area contributed by atoms with Gasteiger partial charge in [-0.25, -0.2) is 9.18 Å². The minimum Gasteiger partial charge on any atom is -0.453 e. The van der Waals surface area contributed by atoms with Crippen LogP contribution in [-0.2, 0) is 20.7 Å². The van der Waals surface area contributed by atoms with Gasteiger partial charge in [-0.15, -0.1) is 0 Å². The Morgan fingerprint density at radius 3 is 2.76 bits per heavy atom. The summed E-state index contributed by atoms with van der Waals surface area (Å²) in [5, 5.41) is 9.98. The molecule has 0 spiro atoms. The van der Waals surface area contributed by atoms with Crippen molar-refractivity contribution in [2.24, 2.45) is 11.8 Å². The molecule has 2 aromatic rings. The van der Waals surface area contributed by atoms with Crippen LogP contribution in [0.4, 0.5) is 14.9 Å². The zero-order chi connectivity index (χ0) is 32.6. The summed E-state index contributed by atoms with van der Waals surface area (Å²) in [5.74, 6) is 5.68. The second-order valence-corrected chi connectivity index (χ2v) is 13.4. The highest BCUT2D eigenvalue weighted by molar-refractivity contribution is 6.30. The van der Waals surface area contributed by atoms with E-state index >= 15 is 4.39 Å². The Bertz CT molecular complexity index is 1410. The quantitative estimate of drug-likeness (QED) is 0.283. The molecule has 0 aromatic heterocycles. The Labute approximate surface area is 277 Å². The number of hydrogen-bond donors (Lipinski definition) is 3. The van der Waals surface area contributed by atoms with Gasteiger partial charge in [0.15, 0.2) is 0 Å². The monoisotopic (exact) mass is 652 g/mol. The smallest absolute Gasteiger partial charge is 0.407 e. The Hall–Kier alpha value is -3.16. The lowest BCUT2D eigenvalue weighted by molar-refractivity contribution is -0.119. The number of fused-ring (bicyclic) bond motifs is 5. The number of ether oxygens (including phenoxy) is 2. The van der Waals surface area contributed by atoms with Gasteiger partial charge in [-0.2, -0.15) is 0 Å². The Kier molecular flexibility index (Phi) is 12.0. The number of methoxy groups -OCH3 is 1. The lowest BCUT2D eigenvalue weighted by atomic mass is 9.74. The van der Waals surface area contributed by atoms with Crippen LogP contribution >= 0.6 is 11.6 Å². The summed E-state index contributed by atoms with van der Waals surface area (Å²) in [5.41, 5.74) is 1.72. The molecule has 4 heterocycles. The number of rotatable bonds is 10. The highest BCUT2D eigenvalue weighted by atomic mass is 35.5. The van der Waals surface area contributed by atoms with E-state index in [1.807, 2.05) is 12.1 Å². The summed E-state index contributed by atoms with van der Waals surface area (Å²) in [6.07, 6.45) is 3.99. The lowest BCUT2D eigenvalue weighted by Crippen LogP contribution is -2.51. The van der Waals surface area contributed by atoms with E-state index in [4.69, 9.17) is 21.1 Å². The largest absolute Gasteiger partial charge is 0.453 e. The number of alkyl carbamates (subject to hydrolysis) is 1. The van der Waals surface area contributed by atoms with E-state index in [0.717, 1.165) is 37.9 Å². The average Bonchev–Trinajstić information content (AvgIpc) is 3.01. The highest BCUT2D eigenvalue weighted by Crippen LogP contribution is 2.39. The first-order valence-corrected chi connectivity index (χ1v) is 16.9. The normalized spacial score (nSPS) is 25.7. The highest BCUT2D eigenvalue weighted by Gasteiger charge is 2.40. The van der Waals surface area contributed by atoms with Gasteiger partial charge in [0.05, 0.1) is 25.8 Å². The molecule has 2 fully saturated rings. The number of carbonyl (C=O) groups is 2. The SMILES string of the molecule is COC(=O)N[C@H](C(=O)Nc1cccc(F)c1CCC1CNC2C#CCN1CCC2)[C@@H](c1ccc(Cl)cc1)C1CCOC(C(C)C)C1. The number of anilines is 1. The van der Waals surface area contributed by atoms with Crippen LogP contribution in [0.5, 0.6) is 0 Å². The van der Waals surface area contributed by atoms with Crippen molar-refractivity contribution in [3.05, 3.63) is 64.4 Å². The van der Waals surface area contributed by atoms with Crippen molar-refractivity contribution >= 4 is 29.3 Å². The average molecular weight is 653 g/mol. The molecule has 2 aromatic carbocycles.